The Hall–Kier alpha value is -3.71. The normalized spacial score (nSPS) is 20.7. The lowest BCUT2D eigenvalue weighted by atomic mass is 9.88. The number of hydroxylamine groups is 1. The largest absolute Gasteiger partial charge is 0.547 e. The Morgan fingerprint density at radius 3 is 2.10 bits per heavy atom. The molecule has 0 saturated carbocycles. The van der Waals surface area contributed by atoms with E-state index in [1.807, 2.05) is 12.1 Å². The van der Waals surface area contributed by atoms with Gasteiger partial charge in [0.15, 0.2) is 0 Å². The van der Waals surface area contributed by atoms with Crippen molar-refractivity contribution in [2.45, 2.75) is 12.1 Å². The van der Waals surface area contributed by atoms with Crippen molar-refractivity contribution in [1.82, 2.24) is 0 Å². The van der Waals surface area contributed by atoms with Crippen LogP contribution in [-0.4, -0.2) is 18.0 Å². The van der Waals surface area contributed by atoms with Gasteiger partial charge in [-0.15, -0.1) is 0 Å². The number of benzene rings is 3. The number of anilines is 2. The van der Waals surface area contributed by atoms with Crippen molar-refractivity contribution >= 4 is 23.3 Å². The van der Waals surface area contributed by atoms with Gasteiger partial charge < -0.3 is 15.2 Å². The minimum atomic E-state index is -1.50. The first kappa shape index (κ1) is 19.6. The molecule has 0 bridgehead atoms. The molecule has 0 unspecified atom stereocenters. The van der Waals surface area contributed by atoms with Crippen LogP contribution in [0, 0.1) is 11.7 Å². The number of carboxylic acids is 1. The third kappa shape index (κ3) is 3.88. The Balaban J connectivity index is 1.74. The minimum absolute atomic E-state index is 0.350. The summed E-state index contributed by atoms with van der Waals surface area (Å²) in [6, 6.07) is 22.5. The lowest BCUT2D eigenvalue weighted by molar-refractivity contribution is -0.316. The first-order chi connectivity index (χ1) is 14.5. The molecule has 0 spiro atoms. The molecule has 0 aliphatic carbocycles. The summed E-state index contributed by atoms with van der Waals surface area (Å²) in [5.74, 6) is -3.61. The van der Waals surface area contributed by atoms with E-state index in [9.17, 15) is 19.1 Å². The van der Waals surface area contributed by atoms with E-state index < -0.39 is 35.8 Å². The Morgan fingerprint density at radius 2 is 1.50 bits per heavy atom. The van der Waals surface area contributed by atoms with Gasteiger partial charge in [-0.2, -0.15) is 0 Å². The van der Waals surface area contributed by atoms with Crippen LogP contribution in [0.15, 0.2) is 84.9 Å². The number of hydrogen-bond donors (Lipinski definition) is 1. The molecule has 1 aliphatic rings. The predicted molar refractivity (Wildman–Crippen MR) is 107 cm³/mol. The van der Waals surface area contributed by atoms with Gasteiger partial charge in [0.2, 0.25) is 5.91 Å². The van der Waals surface area contributed by atoms with E-state index in [0.29, 0.717) is 16.9 Å². The summed E-state index contributed by atoms with van der Waals surface area (Å²) in [4.78, 5) is 30.8. The number of carboxylic acid groups (broad SMARTS) is 1. The van der Waals surface area contributed by atoms with Gasteiger partial charge in [0.05, 0.1) is 23.6 Å². The Kier molecular flexibility index (Phi) is 5.45. The number of carbonyl (C=O) groups excluding carboxylic acids is 2. The molecule has 1 aliphatic heterocycles. The fourth-order valence-corrected chi connectivity index (χ4v) is 3.58. The summed E-state index contributed by atoms with van der Waals surface area (Å²) in [5, 5.41) is 16.0. The Morgan fingerprint density at radius 1 is 0.900 bits per heavy atom. The SMILES string of the molecule is O=C(Nc1ccc(F)cc1)[C@H]1[C@@H](c2ccccc2)N(c2ccccc2)O[C@H]1C(=O)[O-]. The van der Waals surface area contributed by atoms with E-state index in [1.165, 1.54) is 29.3 Å². The van der Waals surface area contributed by atoms with Crippen molar-refractivity contribution in [3.8, 4) is 0 Å². The highest BCUT2D eigenvalue weighted by Gasteiger charge is 2.49. The highest BCUT2D eigenvalue weighted by molar-refractivity contribution is 5.97. The zero-order valence-corrected chi connectivity index (χ0v) is 15.8. The number of aliphatic carboxylic acids is 1. The van der Waals surface area contributed by atoms with Crippen molar-refractivity contribution in [2.75, 3.05) is 10.4 Å². The van der Waals surface area contributed by atoms with Gasteiger partial charge in [0, 0.05) is 5.69 Å². The van der Waals surface area contributed by atoms with Gasteiger partial charge in [-0.1, -0.05) is 48.5 Å². The molecular weight excluding hydrogens is 387 g/mol. The average Bonchev–Trinajstić information content (AvgIpc) is 3.18. The van der Waals surface area contributed by atoms with Crippen LogP contribution < -0.4 is 15.5 Å². The van der Waals surface area contributed by atoms with Gasteiger partial charge in [-0.05, 0) is 42.0 Å². The Bertz CT molecular complexity index is 1030. The quantitative estimate of drug-likeness (QED) is 0.706. The number of nitrogens with zero attached hydrogens (tertiary/aromatic N) is 1. The lowest BCUT2D eigenvalue weighted by Gasteiger charge is -2.27. The molecule has 3 aromatic rings. The molecule has 1 saturated heterocycles. The van der Waals surface area contributed by atoms with Gasteiger partial charge in [0.25, 0.3) is 0 Å². The summed E-state index contributed by atoms with van der Waals surface area (Å²) in [6.07, 6.45) is -1.50. The third-order valence-corrected chi connectivity index (χ3v) is 4.94. The molecule has 1 fully saturated rings. The monoisotopic (exact) mass is 405 g/mol. The highest BCUT2D eigenvalue weighted by Crippen LogP contribution is 2.42. The maximum atomic E-state index is 13.2. The molecule has 0 radical (unpaired) electrons. The number of nitrogens with one attached hydrogen (secondary N) is 1. The molecule has 3 aromatic carbocycles. The van der Waals surface area contributed by atoms with E-state index in [0.717, 1.165) is 0 Å². The van der Waals surface area contributed by atoms with E-state index in [1.54, 1.807) is 48.5 Å². The molecule has 3 atom stereocenters. The molecule has 1 amide bonds. The smallest absolute Gasteiger partial charge is 0.233 e. The first-order valence-corrected chi connectivity index (χ1v) is 9.38. The highest BCUT2D eigenvalue weighted by atomic mass is 19.1. The molecule has 6 nitrogen and oxygen atoms in total. The zero-order chi connectivity index (χ0) is 21.1. The number of hydrogen-bond acceptors (Lipinski definition) is 5. The van der Waals surface area contributed by atoms with Crippen LogP contribution in [-0.2, 0) is 14.4 Å². The summed E-state index contributed by atoms with van der Waals surface area (Å²) >= 11 is 0. The molecular formula is C23H18FN2O4-. The zero-order valence-electron chi connectivity index (χ0n) is 15.8. The topological polar surface area (TPSA) is 81.7 Å². The fourth-order valence-electron chi connectivity index (χ4n) is 3.58. The van der Waals surface area contributed by atoms with Crippen LogP contribution in [0.4, 0.5) is 15.8 Å². The second kappa shape index (κ2) is 8.34. The second-order valence-corrected chi connectivity index (χ2v) is 6.88. The van der Waals surface area contributed by atoms with Gasteiger partial charge in [-0.25, -0.2) is 9.45 Å². The molecule has 30 heavy (non-hydrogen) atoms. The fraction of sp³-hybridized carbons (Fsp3) is 0.130. The lowest BCUT2D eigenvalue weighted by Crippen LogP contribution is -2.44. The van der Waals surface area contributed by atoms with Crippen molar-refractivity contribution in [1.29, 1.82) is 0 Å². The third-order valence-electron chi connectivity index (χ3n) is 4.94. The van der Waals surface area contributed by atoms with E-state index in [2.05, 4.69) is 5.32 Å². The first-order valence-electron chi connectivity index (χ1n) is 9.38. The van der Waals surface area contributed by atoms with Crippen LogP contribution in [0.25, 0.3) is 0 Å². The van der Waals surface area contributed by atoms with E-state index >= 15 is 0 Å². The summed E-state index contributed by atoms with van der Waals surface area (Å²) < 4.78 is 13.2. The van der Waals surface area contributed by atoms with E-state index in [-0.39, 0.29) is 0 Å². The Labute approximate surface area is 172 Å². The van der Waals surface area contributed by atoms with Gasteiger partial charge in [0.1, 0.15) is 11.9 Å². The second-order valence-electron chi connectivity index (χ2n) is 6.88. The molecule has 1 N–H and O–H groups in total. The van der Waals surface area contributed by atoms with Gasteiger partial charge >= 0.3 is 0 Å². The number of carbonyl (C=O) groups is 2. The van der Waals surface area contributed by atoms with Crippen molar-refractivity contribution < 1.29 is 23.9 Å². The maximum Gasteiger partial charge on any atom is 0.233 e. The summed E-state index contributed by atoms with van der Waals surface area (Å²) in [6.45, 7) is 0. The number of para-hydroxylation sites is 1. The van der Waals surface area contributed by atoms with Crippen LogP contribution in [0.1, 0.15) is 11.6 Å². The van der Waals surface area contributed by atoms with Crippen LogP contribution in [0.3, 0.4) is 0 Å². The van der Waals surface area contributed by atoms with Gasteiger partial charge in [-0.3, -0.25) is 9.63 Å². The molecule has 152 valence electrons. The summed E-state index contributed by atoms with van der Waals surface area (Å²) in [5.41, 5.74) is 1.67. The number of halogens is 1. The summed E-state index contributed by atoms with van der Waals surface area (Å²) in [7, 11) is 0. The van der Waals surface area contributed by atoms with Crippen molar-refractivity contribution in [3.05, 3.63) is 96.3 Å². The van der Waals surface area contributed by atoms with E-state index in [4.69, 9.17) is 4.84 Å². The molecule has 4 rings (SSSR count). The molecule has 7 heteroatoms. The molecule has 1 heterocycles. The van der Waals surface area contributed by atoms with Crippen LogP contribution >= 0.6 is 0 Å². The van der Waals surface area contributed by atoms with Crippen LogP contribution in [0.2, 0.25) is 0 Å². The predicted octanol–water partition coefficient (Wildman–Crippen LogP) is 2.69. The van der Waals surface area contributed by atoms with Crippen molar-refractivity contribution in [2.24, 2.45) is 5.92 Å². The van der Waals surface area contributed by atoms with Crippen LogP contribution in [0.5, 0.6) is 0 Å². The standard InChI is InChI=1S/C23H19FN2O4/c24-16-11-13-17(14-12-16)25-22(27)19-20(15-7-3-1-4-8-15)26(30-21(19)23(28)29)18-9-5-2-6-10-18/h1-14,19-21H,(H,25,27)(H,28,29)/p-1/t19-,20+,21+/m0/s1. The minimum Gasteiger partial charge on any atom is -0.547 e. The number of rotatable bonds is 5. The molecule has 0 aromatic heterocycles. The number of amides is 1. The maximum absolute atomic E-state index is 13.2. The van der Waals surface area contributed by atoms with Crippen molar-refractivity contribution in [3.63, 3.8) is 0 Å². The average molecular weight is 405 g/mol.